The first-order valence-electron chi connectivity index (χ1n) is 7.86. The summed E-state index contributed by atoms with van der Waals surface area (Å²) in [5, 5.41) is 9.39. The molecule has 0 aliphatic heterocycles. The zero-order valence-electron chi connectivity index (χ0n) is 13.4. The van der Waals surface area contributed by atoms with Crippen LogP contribution in [0.3, 0.4) is 0 Å². The molecule has 0 radical (unpaired) electrons. The number of hydrogen-bond acceptors (Lipinski definition) is 6. The van der Waals surface area contributed by atoms with Crippen molar-refractivity contribution in [3.63, 3.8) is 0 Å². The Morgan fingerprint density at radius 1 is 1.08 bits per heavy atom. The van der Waals surface area contributed by atoms with Gasteiger partial charge in [0.25, 0.3) is 0 Å². The minimum atomic E-state index is -0.285. The topological polar surface area (TPSA) is 100 Å². The predicted molar refractivity (Wildman–Crippen MR) is 91.7 cm³/mol. The van der Waals surface area contributed by atoms with E-state index in [0.29, 0.717) is 33.8 Å². The molecule has 2 N–H and O–H groups in total. The van der Waals surface area contributed by atoms with Gasteiger partial charge in [-0.25, -0.2) is 9.37 Å². The molecule has 0 saturated heterocycles. The molecule has 0 aliphatic rings. The Balaban J connectivity index is 1.66. The van der Waals surface area contributed by atoms with Gasteiger partial charge in [-0.05, 0) is 18.2 Å². The summed E-state index contributed by atoms with van der Waals surface area (Å²) in [5.74, 6) is 0.805. The van der Waals surface area contributed by atoms with Gasteiger partial charge < -0.3 is 10.2 Å². The third-order valence-corrected chi connectivity index (χ3v) is 4.06. The average molecular weight is 349 g/mol. The second-order valence-corrected chi connectivity index (χ2v) is 5.77. The number of nitrogens with two attached hydrogens (primary N) is 1. The van der Waals surface area contributed by atoms with Crippen LogP contribution in [0.2, 0.25) is 0 Å². The Labute approximate surface area is 145 Å². The predicted octanol–water partition coefficient (Wildman–Crippen LogP) is 2.50. The van der Waals surface area contributed by atoms with Crippen molar-refractivity contribution in [3.05, 3.63) is 60.2 Å². The number of hydrogen-bond donors (Lipinski definition) is 1. The fraction of sp³-hybridized carbons (Fsp3) is 0.0588. The Kier molecular flexibility index (Phi) is 3.02. The molecule has 0 spiro atoms. The van der Waals surface area contributed by atoms with Gasteiger partial charge in [0.15, 0.2) is 17.1 Å². The molecule has 9 heteroatoms. The highest BCUT2D eigenvalue weighted by atomic mass is 19.1. The average Bonchev–Trinajstić information content (AvgIpc) is 3.34. The van der Waals surface area contributed by atoms with Crippen molar-refractivity contribution >= 4 is 22.6 Å². The summed E-state index contributed by atoms with van der Waals surface area (Å²) >= 11 is 0. The van der Waals surface area contributed by atoms with Crippen molar-refractivity contribution in [2.24, 2.45) is 0 Å². The van der Waals surface area contributed by atoms with E-state index in [1.165, 1.54) is 10.6 Å². The largest absolute Gasteiger partial charge is 0.461 e. The number of anilines is 1. The zero-order valence-corrected chi connectivity index (χ0v) is 13.4. The smallest absolute Gasteiger partial charge is 0.225 e. The third kappa shape index (κ3) is 2.21. The van der Waals surface area contributed by atoms with Crippen molar-refractivity contribution in [2.45, 2.75) is 6.54 Å². The van der Waals surface area contributed by atoms with Crippen LogP contribution in [0, 0.1) is 5.82 Å². The summed E-state index contributed by atoms with van der Waals surface area (Å²) in [6.45, 7) is 0.272. The van der Waals surface area contributed by atoms with Crippen LogP contribution in [-0.4, -0.2) is 29.4 Å². The van der Waals surface area contributed by atoms with Gasteiger partial charge in [0.05, 0.1) is 18.2 Å². The zero-order chi connectivity index (χ0) is 17.7. The number of benzene rings is 1. The maximum atomic E-state index is 13.9. The van der Waals surface area contributed by atoms with Gasteiger partial charge in [0.1, 0.15) is 5.82 Å². The lowest BCUT2D eigenvalue weighted by molar-refractivity contribution is 0.577. The van der Waals surface area contributed by atoms with Gasteiger partial charge in [-0.2, -0.15) is 14.6 Å². The van der Waals surface area contributed by atoms with E-state index in [1.807, 2.05) is 0 Å². The van der Waals surface area contributed by atoms with E-state index in [9.17, 15) is 4.39 Å². The van der Waals surface area contributed by atoms with Gasteiger partial charge in [-0.15, -0.1) is 5.10 Å². The fourth-order valence-electron chi connectivity index (χ4n) is 2.85. The first-order valence-corrected chi connectivity index (χ1v) is 7.86. The molecule has 0 fully saturated rings. The Morgan fingerprint density at radius 2 is 1.96 bits per heavy atom. The SMILES string of the molecule is Nc1nc2nn(Cc3ccccc3F)cc2c2nc(-c3ccco3)nn12. The monoisotopic (exact) mass is 349 g/mol. The van der Waals surface area contributed by atoms with Gasteiger partial charge >= 0.3 is 0 Å². The van der Waals surface area contributed by atoms with E-state index in [2.05, 4.69) is 20.2 Å². The molecule has 5 aromatic rings. The highest BCUT2D eigenvalue weighted by Crippen LogP contribution is 2.23. The molecule has 0 amide bonds. The lowest BCUT2D eigenvalue weighted by Crippen LogP contribution is -2.03. The number of fused-ring (bicyclic) bond motifs is 3. The molecule has 5 rings (SSSR count). The molecule has 128 valence electrons. The maximum absolute atomic E-state index is 13.9. The second kappa shape index (κ2) is 5.38. The summed E-state index contributed by atoms with van der Waals surface area (Å²) in [6, 6.07) is 10.1. The number of furan rings is 1. The maximum Gasteiger partial charge on any atom is 0.225 e. The van der Waals surface area contributed by atoms with Crippen molar-refractivity contribution in [1.82, 2.24) is 29.4 Å². The molecule has 0 bridgehead atoms. The van der Waals surface area contributed by atoms with Crippen LogP contribution in [0.15, 0.2) is 53.3 Å². The van der Waals surface area contributed by atoms with Crippen LogP contribution in [0.1, 0.15) is 5.56 Å². The van der Waals surface area contributed by atoms with E-state index < -0.39 is 0 Å². The summed E-state index contributed by atoms with van der Waals surface area (Å²) in [7, 11) is 0. The summed E-state index contributed by atoms with van der Waals surface area (Å²) in [6.07, 6.45) is 3.30. The molecule has 8 nitrogen and oxygen atoms in total. The molecule has 4 aromatic heterocycles. The van der Waals surface area contributed by atoms with E-state index in [0.717, 1.165) is 0 Å². The molecule has 1 aromatic carbocycles. The summed E-state index contributed by atoms with van der Waals surface area (Å²) in [4.78, 5) is 8.76. The van der Waals surface area contributed by atoms with Crippen molar-refractivity contribution in [1.29, 1.82) is 0 Å². The van der Waals surface area contributed by atoms with Crippen LogP contribution in [0.4, 0.5) is 10.3 Å². The quantitative estimate of drug-likeness (QED) is 0.537. The number of halogens is 1. The van der Waals surface area contributed by atoms with Crippen molar-refractivity contribution in [3.8, 4) is 11.6 Å². The first-order chi connectivity index (χ1) is 12.7. The minimum absolute atomic E-state index is 0.161. The number of rotatable bonds is 3. The Morgan fingerprint density at radius 3 is 2.77 bits per heavy atom. The second-order valence-electron chi connectivity index (χ2n) is 5.77. The van der Waals surface area contributed by atoms with E-state index in [4.69, 9.17) is 10.2 Å². The minimum Gasteiger partial charge on any atom is -0.461 e. The van der Waals surface area contributed by atoms with Crippen LogP contribution in [-0.2, 0) is 6.54 Å². The lowest BCUT2D eigenvalue weighted by atomic mass is 10.2. The molecule has 0 atom stereocenters. The normalized spacial score (nSPS) is 11.6. The van der Waals surface area contributed by atoms with E-state index in [1.54, 1.807) is 47.5 Å². The highest BCUT2D eigenvalue weighted by Gasteiger charge is 2.17. The first kappa shape index (κ1) is 14.6. The van der Waals surface area contributed by atoms with Crippen LogP contribution in [0.5, 0.6) is 0 Å². The van der Waals surface area contributed by atoms with Crippen LogP contribution in [0.25, 0.3) is 28.3 Å². The van der Waals surface area contributed by atoms with E-state index >= 15 is 0 Å². The molecule has 26 heavy (non-hydrogen) atoms. The Hall–Kier alpha value is -3.75. The highest BCUT2D eigenvalue weighted by molar-refractivity contribution is 5.90. The Bertz CT molecular complexity index is 1240. The van der Waals surface area contributed by atoms with Crippen molar-refractivity contribution < 1.29 is 8.81 Å². The van der Waals surface area contributed by atoms with Gasteiger partial charge in [0.2, 0.25) is 11.8 Å². The van der Waals surface area contributed by atoms with Gasteiger partial charge in [-0.1, -0.05) is 18.2 Å². The number of nitrogen functional groups attached to an aromatic ring is 1. The standard InChI is InChI=1S/C17H12FN7O/c18-12-5-2-1-4-10(12)8-24-9-11-14(22-24)21-17(19)25-16(11)20-15(23-25)13-6-3-7-26-13/h1-7,9H,8H2,(H2,19,21,22). The van der Waals surface area contributed by atoms with Crippen LogP contribution >= 0.6 is 0 Å². The molecular formula is C17H12FN7O. The fourth-order valence-corrected chi connectivity index (χ4v) is 2.85. The van der Waals surface area contributed by atoms with Gasteiger partial charge in [-0.3, -0.25) is 4.68 Å². The summed E-state index contributed by atoms with van der Waals surface area (Å²) in [5.41, 5.74) is 7.45. The number of nitrogens with zero attached hydrogens (tertiary/aromatic N) is 6. The molecule has 0 aliphatic carbocycles. The molecule has 0 unspecified atom stereocenters. The number of aromatic nitrogens is 6. The van der Waals surface area contributed by atoms with Crippen molar-refractivity contribution in [2.75, 3.05) is 5.73 Å². The van der Waals surface area contributed by atoms with E-state index in [-0.39, 0.29) is 18.3 Å². The molecule has 4 heterocycles. The van der Waals surface area contributed by atoms with Crippen LogP contribution < -0.4 is 5.73 Å². The third-order valence-electron chi connectivity index (χ3n) is 4.06. The summed E-state index contributed by atoms with van der Waals surface area (Å²) < 4.78 is 22.3. The molecular weight excluding hydrogens is 337 g/mol. The van der Waals surface area contributed by atoms with Gasteiger partial charge in [0, 0.05) is 11.8 Å². The molecule has 0 saturated carbocycles. The lowest BCUT2D eigenvalue weighted by Gasteiger charge is -2.02.